The molecule has 0 bridgehead atoms. The minimum atomic E-state index is -1.83. The summed E-state index contributed by atoms with van der Waals surface area (Å²) in [6.45, 7) is 0. The van der Waals surface area contributed by atoms with Gasteiger partial charge in [0.15, 0.2) is 0 Å². The first-order valence-corrected chi connectivity index (χ1v) is 6.18. The zero-order valence-corrected chi connectivity index (χ0v) is 4.98. The summed E-state index contributed by atoms with van der Waals surface area (Å²) in [5, 5.41) is 0. The fourth-order valence-electron chi connectivity index (χ4n) is 0. The molecular formula is C2H6FGe. The van der Waals surface area contributed by atoms with Crippen LogP contribution in [0, 0.1) is 0 Å². The molecular weight excluding hydrogens is 116 g/mol. The molecule has 0 saturated heterocycles. The second-order valence-electron chi connectivity index (χ2n) is 0.878. The molecule has 0 aliphatic heterocycles. The van der Waals surface area contributed by atoms with Gasteiger partial charge in [-0.25, -0.2) is 0 Å². The van der Waals surface area contributed by atoms with E-state index in [9.17, 15) is 3.50 Å². The number of hydrogen-bond donors (Lipinski definition) is 0. The van der Waals surface area contributed by atoms with Crippen LogP contribution in [0.4, 0.5) is 3.50 Å². The molecule has 0 N–H and O–H groups in total. The summed E-state index contributed by atoms with van der Waals surface area (Å²) < 4.78 is 11.2. The SMILES string of the molecule is [CH3][Ge]([CH3])[F]. The van der Waals surface area contributed by atoms with E-state index in [0.29, 0.717) is 0 Å². The summed E-state index contributed by atoms with van der Waals surface area (Å²) in [5.74, 6) is 3.33. The average Bonchev–Trinajstić information content (AvgIpc) is 0.811. The van der Waals surface area contributed by atoms with Crippen LogP contribution in [-0.4, -0.2) is 14.8 Å². The topological polar surface area (TPSA) is 0 Å². The van der Waals surface area contributed by atoms with Crippen LogP contribution in [0.1, 0.15) is 0 Å². The molecule has 0 unspecified atom stereocenters. The van der Waals surface area contributed by atoms with Crippen molar-refractivity contribution >= 4 is 14.8 Å². The monoisotopic (exact) mass is 123 g/mol. The van der Waals surface area contributed by atoms with Crippen molar-refractivity contribution in [3.8, 4) is 0 Å². The Kier molecular flexibility index (Phi) is 1.97. The Morgan fingerprint density at radius 3 is 1.50 bits per heavy atom. The molecule has 25 valence electrons. The quantitative estimate of drug-likeness (QED) is 0.423. The standard InChI is InChI=1S/C2H6FGe/c1-4(2)3/h1-2H3. The molecule has 0 amide bonds. The van der Waals surface area contributed by atoms with Gasteiger partial charge in [-0.2, -0.15) is 0 Å². The van der Waals surface area contributed by atoms with Gasteiger partial charge >= 0.3 is 29.8 Å². The number of hydrogen-bond acceptors (Lipinski definition) is 0. The Morgan fingerprint density at radius 1 is 1.50 bits per heavy atom. The zero-order valence-electron chi connectivity index (χ0n) is 2.88. The molecule has 0 heterocycles. The molecule has 0 nitrogen and oxygen atoms in total. The van der Waals surface area contributed by atoms with Crippen LogP contribution in [0.25, 0.3) is 0 Å². The maximum absolute atomic E-state index is 11.2. The van der Waals surface area contributed by atoms with Crippen molar-refractivity contribution in [2.24, 2.45) is 0 Å². The molecule has 0 aromatic carbocycles. The van der Waals surface area contributed by atoms with Gasteiger partial charge in [-0.3, -0.25) is 0 Å². The van der Waals surface area contributed by atoms with E-state index in [4.69, 9.17) is 0 Å². The summed E-state index contributed by atoms with van der Waals surface area (Å²) >= 11 is -1.83. The van der Waals surface area contributed by atoms with E-state index >= 15 is 0 Å². The first-order valence-electron chi connectivity index (χ1n) is 1.19. The first-order chi connectivity index (χ1) is 1.73. The van der Waals surface area contributed by atoms with Gasteiger partial charge in [0.2, 0.25) is 0 Å². The summed E-state index contributed by atoms with van der Waals surface area (Å²) in [6.07, 6.45) is 0. The summed E-state index contributed by atoms with van der Waals surface area (Å²) in [4.78, 5) is 0. The molecule has 0 atom stereocenters. The fourth-order valence-corrected chi connectivity index (χ4v) is 0. The third kappa shape index (κ3) is 24.0. The molecule has 0 aromatic heterocycles. The first kappa shape index (κ1) is 4.47. The van der Waals surface area contributed by atoms with Crippen molar-refractivity contribution in [2.45, 2.75) is 11.5 Å². The van der Waals surface area contributed by atoms with Gasteiger partial charge in [-0.15, -0.1) is 0 Å². The van der Waals surface area contributed by atoms with Crippen molar-refractivity contribution in [1.29, 1.82) is 0 Å². The van der Waals surface area contributed by atoms with Crippen LogP contribution in [0.5, 0.6) is 0 Å². The number of halogens is 1. The predicted molar refractivity (Wildman–Crippen MR) is 18.6 cm³/mol. The normalized spacial score (nSPS) is 9.00. The van der Waals surface area contributed by atoms with E-state index in [2.05, 4.69) is 0 Å². The molecule has 1 radical (unpaired) electrons. The van der Waals surface area contributed by atoms with Crippen molar-refractivity contribution < 1.29 is 3.50 Å². The van der Waals surface area contributed by atoms with Crippen LogP contribution in [0.3, 0.4) is 0 Å². The summed E-state index contributed by atoms with van der Waals surface area (Å²) in [7, 11) is 0. The van der Waals surface area contributed by atoms with E-state index in [1.807, 2.05) is 0 Å². The molecule has 2 heteroatoms. The van der Waals surface area contributed by atoms with Crippen LogP contribution in [0.15, 0.2) is 0 Å². The van der Waals surface area contributed by atoms with Gasteiger partial charge in [-0.1, -0.05) is 0 Å². The Hall–Kier alpha value is 0.473. The van der Waals surface area contributed by atoms with Crippen molar-refractivity contribution in [2.75, 3.05) is 0 Å². The van der Waals surface area contributed by atoms with Crippen molar-refractivity contribution in [3.63, 3.8) is 0 Å². The molecule has 0 aliphatic carbocycles. The molecule has 0 spiro atoms. The van der Waals surface area contributed by atoms with Crippen LogP contribution in [-0.2, 0) is 0 Å². The van der Waals surface area contributed by atoms with Gasteiger partial charge in [0, 0.05) is 0 Å². The number of rotatable bonds is 0. The van der Waals surface area contributed by atoms with Crippen LogP contribution in [0.2, 0.25) is 11.5 Å². The molecule has 0 fully saturated rings. The third-order valence-electron chi connectivity index (χ3n) is 0. The maximum atomic E-state index is 11.2. The average molecular weight is 122 g/mol. The van der Waals surface area contributed by atoms with E-state index in [1.54, 1.807) is 11.5 Å². The minimum absolute atomic E-state index is 1.67. The van der Waals surface area contributed by atoms with Gasteiger partial charge in [0.1, 0.15) is 0 Å². The molecule has 0 rings (SSSR count). The zero-order chi connectivity index (χ0) is 3.58. The van der Waals surface area contributed by atoms with E-state index in [1.165, 1.54) is 0 Å². The third-order valence-corrected chi connectivity index (χ3v) is 0. The Morgan fingerprint density at radius 2 is 1.50 bits per heavy atom. The summed E-state index contributed by atoms with van der Waals surface area (Å²) in [5.41, 5.74) is 0. The summed E-state index contributed by atoms with van der Waals surface area (Å²) in [6, 6.07) is 0. The second kappa shape index (κ2) is 1.76. The van der Waals surface area contributed by atoms with E-state index < -0.39 is 14.8 Å². The Labute approximate surface area is 30.6 Å². The van der Waals surface area contributed by atoms with Gasteiger partial charge in [-0.05, 0) is 0 Å². The predicted octanol–water partition coefficient (Wildman–Crippen LogP) is 1.21. The van der Waals surface area contributed by atoms with Crippen LogP contribution >= 0.6 is 0 Å². The molecule has 4 heavy (non-hydrogen) atoms. The van der Waals surface area contributed by atoms with Gasteiger partial charge in [0.05, 0.1) is 0 Å². The van der Waals surface area contributed by atoms with Gasteiger partial charge < -0.3 is 0 Å². The van der Waals surface area contributed by atoms with Crippen molar-refractivity contribution in [1.82, 2.24) is 0 Å². The Balaban J connectivity index is 2.32. The van der Waals surface area contributed by atoms with Crippen molar-refractivity contribution in [3.05, 3.63) is 0 Å². The molecule has 0 aliphatic rings. The fraction of sp³-hybridized carbons (Fsp3) is 1.00. The van der Waals surface area contributed by atoms with Crippen LogP contribution < -0.4 is 0 Å². The Bertz CT molecular complexity index is 10.8. The second-order valence-corrected chi connectivity index (χ2v) is 4.56. The molecule has 0 aromatic rings. The van der Waals surface area contributed by atoms with E-state index in [0.717, 1.165) is 0 Å². The van der Waals surface area contributed by atoms with Gasteiger partial charge in [0.25, 0.3) is 0 Å². The van der Waals surface area contributed by atoms with E-state index in [-0.39, 0.29) is 0 Å². The molecule has 0 saturated carbocycles.